The number of nitrogens with zero attached hydrogens (tertiary/aromatic N) is 2. The van der Waals surface area contributed by atoms with Gasteiger partial charge in [-0.25, -0.2) is 4.98 Å². The van der Waals surface area contributed by atoms with Gasteiger partial charge in [-0.3, -0.25) is 9.78 Å². The van der Waals surface area contributed by atoms with Gasteiger partial charge in [-0.1, -0.05) is 12.1 Å². The molecule has 0 radical (unpaired) electrons. The molecule has 1 N–H and O–H groups in total. The summed E-state index contributed by atoms with van der Waals surface area (Å²) >= 11 is 1.69. The number of aliphatic carboxylic acids is 1. The molecule has 0 atom stereocenters. The largest absolute Gasteiger partial charge is 0.490 e. The van der Waals surface area contributed by atoms with E-state index in [0.717, 1.165) is 39.1 Å². The second-order valence-electron chi connectivity index (χ2n) is 7.81. The van der Waals surface area contributed by atoms with Gasteiger partial charge in [0.1, 0.15) is 19.0 Å². The summed E-state index contributed by atoms with van der Waals surface area (Å²) in [6.45, 7) is 3.37. The SMILES string of the molecule is COCCOc1cnc(C)c(-c2csc3ccc(COc4ccc(CCC(=O)O)cn4)cc23)c1. The van der Waals surface area contributed by atoms with Gasteiger partial charge in [-0.05, 0) is 48.1 Å². The molecule has 34 heavy (non-hydrogen) atoms. The molecule has 0 aliphatic rings. The average molecular weight is 479 g/mol. The van der Waals surface area contributed by atoms with Crippen LogP contribution in [0.4, 0.5) is 0 Å². The zero-order valence-electron chi connectivity index (χ0n) is 19.1. The topological polar surface area (TPSA) is 90.8 Å². The molecule has 0 bridgehead atoms. The molecular formula is C26H26N2O5S. The number of hydrogen-bond acceptors (Lipinski definition) is 7. The summed E-state index contributed by atoms with van der Waals surface area (Å²) < 4.78 is 17.9. The van der Waals surface area contributed by atoms with Gasteiger partial charge in [0.25, 0.3) is 0 Å². The quantitative estimate of drug-likeness (QED) is 0.293. The number of hydrogen-bond donors (Lipinski definition) is 1. The van der Waals surface area contributed by atoms with Gasteiger partial charge in [0.05, 0.1) is 12.8 Å². The molecule has 8 heteroatoms. The molecule has 0 saturated carbocycles. The minimum Gasteiger partial charge on any atom is -0.490 e. The normalized spacial score (nSPS) is 11.0. The van der Waals surface area contributed by atoms with Crippen LogP contribution in [0.1, 0.15) is 23.2 Å². The molecule has 0 amide bonds. The van der Waals surface area contributed by atoms with E-state index in [2.05, 4.69) is 33.5 Å². The van der Waals surface area contributed by atoms with Crippen LogP contribution in [-0.4, -0.2) is 41.4 Å². The van der Waals surface area contributed by atoms with Crippen LogP contribution in [0.2, 0.25) is 0 Å². The lowest BCUT2D eigenvalue weighted by atomic mass is 10.0. The molecule has 0 spiro atoms. The fraction of sp³-hybridized carbons (Fsp3) is 0.269. The van der Waals surface area contributed by atoms with Crippen LogP contribution in [0.15, 0.2) is 54.2 Å². The maximum atomic E-state index is 10.7. The molecule has 0 aliphatic heterocycles. The Morgan fingerprint density at radius 1 is 1.00 bits per heavy atom. The predicted molar refractivity (Wildman–Crippen MR) is 132 cm³/mol. The maximum Gasteiger partial charge on any atom is 0.303 e. The van der Waals surface area contributed by atoms with Crippen LogP contribution in [0.25, 0.3) is 21.2 Å². The Bertz CT molecular complexity index is 1270. The Hall–Kier alpha value is -3.49. The first-order chi connectivity index (χ1) is 16.5. The molecule has 0 unspecified atom stereocenters. The molecule has 0 fully saturated rings. The summed E-state index contributed by atoms with van der Waals surface area (Å²) in [4.78, 5) is 19.5. The van der Waals surface area contributed by atoms with Crippen molar-refractivity contribution in [2.24, 2.45) is 0 Å². The zero-order valence-corrected chi connectivity index (χ0v) is 19.9. The Kier molecular flexibility index (Phi) is 7.72. The van der Waals surface area contributed by atoms with Crippen molar-refractivity contribution in [1.82, 2.24) is 9.97 Å². The lowest BCUT2D eigenvalue weighted by molar-refractivity contribution is -0.136. The summed E-state index contributed by atoms with van der Waals surface area (Å²) in [6, 6.07) is 11.9. The van der Waals surface area contributed by atoms with Gasteiger partial charge in [0.15, 0.2) is 0 Å². The number of fused-ring (bicyclic) bond motifs is 1. The Labute approximate surface area is 202 Å². The summed E-state index contributed by atoms with van der Waals surface area (Å²) in [7, 11) is 1.65. The van der Waals surface area contributed by atoms with Crippen LogP contribution in [0.3, 0.4) is 0 Å². The molecule has 7 nitrogen and oxygen atoms in total. The molecular weight excluding hydrogens is 452 g/mol. The lowest BCUT2D eigenvalue weighted by Crippen LogP contribution is -2.04. The van der Waals surface area contributed by atoms with E-state index in [4.69, 9.17) is 19.3 Å². The van der Waals surface area contributed by atoms with Gasteiger partial charge in [0, 0.05) is 52.7 Å². The van der Waals surface area contributed by atoms with E-state index in [1.54, 1.807) is 36.9 Å². The minimum absolute atomic E-state index is 0.0854. The number of carboxylic acid groups (broad SMARTS) is 1. The van der Waals surface area contributed by atoms with E-state index < -0.39 is 5.97 Å². The minimum atomic E-state index is -0.820. The van der Waals surface area contributed by atoms with Crippen LogP contribution in [0, 0.1) is 6.92 Å². The Balaban J connectivity index is 1.50. The van der Waals surface area contributed by atoms with Crippen molar-refractivity contribution in [2.45, 2.75) is 26.4 Å². The molecule has 1 aromatic carbocycles. The molecule has 3 heterocycles. The molecule has 176 valence electrons. The maximum absolute atomic E-state index is 10.7. The third-order valence-electron chi connectivity index (χ3n) is 5.36. The summed E-state index contributed by atoms with van der Waals surface area (Å²) in [5.41, 5.74) is 4.99. The van der Waals surface area contributed by atoms with Crippen LogP contribution >= 0.6 is 11.3 Å². The van der Waals surface area contributed by atoms with Crippen molar-refractivity contribution >= 4 is 27.4 Å². The van der Waals surface area contributed by atoms with Gasteiger partial charge >= 0.3 is 5.97 Å². The Morgan fingerprint density at radius 3 is 2.62 bits per heavy atom. The molecule has 3 aromatic heterocycles. The monoisotopic (exact) mass is 478 g/mol. The van der Waals surface area contributed by atoms with Gasteiger partial charge in [0.2, 0.25) is 5.88 Å². The second-order valence-corrected chi connectivity index (χ2v) is 8.72. The number of pyridine rings is 2. The number of carbonyl (C=O) groups is 1. The van der Waals surface area contributed by atoms with E-state index in [9.17, 15) is 4.79 Å². The first-order valence-electron chi connectivity index (χ1n) is 10.9. The van der Waals surface area contributed by atoms with E-state index in [0.29, 0.717) is 32.1 Å². The number of ether oxygens (including phenoxy) is 3. The molecule has 0 aliphatic carbocycles. The van der Waals surface area contributed by atoms with Crippen LogP contribution in [-0.2, 0) is 22.6 Å². The van der Waals surface area contributed by atoms with Gasteiger partial charge < -0.3 is 19.3 Å². The summed E-state index contributed by atoms with van der Waals surface area (Å²) in [6.07, 6.45) is 3.94. The number of rotatable bonds is 11. The average Bonchev–Trinajstić information content (AvgIpc) is 3.26. The molecule has 4 aromatic rings. The van der Waals surface area contributed by atoms with E-state index >= 15 is 0 Å². The molecule has 0 saturated heterocycles. The lowest BCUT2D eigenvalue weighted by Gasteiger charge is -2.10. The zero-order chi connectivity index (χ0) is 23.9. The van der Waals surface area contributed by atoms with Crippen molar-refractivity contribution in [3.8, 4) is 22.8 Å². The highest BCUT2D eigenvalue weighted by molar-refractivity contribution is 7.17. The van der Waals surface area contributed by atoms with Crippen LogP contribution < -0.4 is 9.47 Å². The summed E-state index contributed by atoms with van der Waals surface area (Å²) in [5.74, 6) is 0.403. The Morgan fingerprint density at radius 2 is 1.85 bits per heavy atom. The number of aryl methyl sites for hydroxylation is 2. The van der Waals surface area contributed by atoms with Crippen LogP contribution in [0.5, 0.6) is 11.6 Å². The van der Waals surface area contributed by atoms with Crippen molar-refractivity contribution < 1.29 is 24.1 Å². The smallest absolute Gasteiger partial charge is 0.303 e. The number of thiophene rings is 1. The highest BCUT2D eigenvalue weighted by Crippen LogP contribution is 2.37. The third-order valence-corrected chi connectivity index (χ3v) is 6.32. The van der Waals surface area contributed by atoms with Crippen molar-refractivity contribution in [1.29, 1.82) is 0 Å². The van der Waals surface area contributed by atoms with E-state index in [1.807, 2.05) is 19.1 Å². The second kappa shape index (κ2) is 11.1. The highest BCUT2D eigenvalue weighted by atomic mass is 32.1. The highest BCUT2D eigenvalue weighted by Gasteiger charge is 2.12. The van der Waals surface area contributed by atoms with Crippen molar-refractivity contribution in [3.63, 3.8) is 0 Å². The first kappa shape index (κ1) is 23.7. The first-order valence-corrected chi connectivity index (χ1v) is 11.8. The number of carboxylic acids is 1. The van der Waals surface area contributed by atoms with Gasteiger partial charge in [-0.2, -0.15) is 0 Å². The number of aromatic nitrogens is 2. The van der Waals surface area contributed by atoms with Crippen molar-refractivity contribution in [2.75, 3.05) is 20.3 Å². The van der Waals surface area contributed by atoms with E-state index in [-0.39, 0.29) is 6.42 Å². The summed E-state index contributed by atoms with van der Waals surface area (Å²) in [5, 5.41) is 12.1. The molecule has 4 rings (SSSR count). The fourth-order valence-electron chi connectivity index (χ4n) is 3.54. The number of methoxy groups -OCH3 is 1. The predicted octanol–water partition coefficient (Wildman–Crippen LogP) is 5.29. The van der Waals surface area contributed by atoms with Crippen molar-refractivity contribution in [3.05, 3.63) is 71.0 Å². The van der Waals surface area contributed by atoms with E-state index in [1.165, 1.54) is 4.70 Å². The number of benzene rings is 1. The van der Waals surface area contributed by atoms with Gasteiger partial charge in [-0.15, -0.1) is 11.3 Å². The third kappa shape index (κ3) is 5.89. The standard InChI is InChI=1S/C26H26N2O5S/c1-17-21(12-20(14-27-17)32-10-9-31-2)23-16-34-24-6-3-19(11-22(23)24)15-33-25-7-4-18(13-28-25)5-8-26(29)30/h3-4,6-7,11-14,16H,5,8-10,15H2,1-2H3,(H,29,30). The fourth-order valence-corrected chi connectivity index (χ4v) is 4.48.